The Morgan fingerprint density at radius 3 is 2.19 bits per heavy atom. The molecule has 1 aliphatic heterocycles. The molecule has 0 atom stereocenters. The number of azo groups is 1. The monoisotopic (exact) mass is 417 g/mol. The predicted octanol–water partition coefficient (Wildman–Crippen LogP) is 5.21. The maximum absolute atomic E-state index is 12.7. The van der Waals surface area contributed by atoms with Crippen molar-refractivity contribution in [1.29, 1.82) is 0 Å². The first-order valence-corrected chi connectivity index (χ1v) is 9.58. The zero-order chi connectivity index (χ0) is 22.4. The van der Waals surface area contributed by atoms with Crippen molar-refractivity contribution < 1.29 is 19.1 Å². The molecule has 1 aliphatic rings. The quantitative estimate of drug-likeness (QED) is 0.493. The lowest BCUT2D eigenvalue weighted by Gasteiger charge is -2.24. The van der Waals surface area contributed by atoms with E-state index >= 15 is 0 Å². The number of ether oxygens (including phenoxy) is 2. The summed E-state index contributed by atoms with van der Waals surface area (Å²) < 4.78 is 9.82. The Balaban J connectivity index is 2.14. The van der Waals surface area contributed by atoms with E-state index in [9.17, 15) is 9.59 Å². The van der Waals surface area contributed by atoms with Crippen LogP contribution in [0.25, 0.3) is 0 Å². The SMILES string of the molecule is COC(=O)C1=C(C(=O)OC)N(c2ccc(C)cc2N=Nc2ccc(C)cc2)C=CC=C1. The van der Waals surface area contributed by atoms with Gasteiger partial charge in [-0.3, -0.25) is 0 Å². The third kappa shape index (κ3) is 4.95. The topological polar surface area (TPSA) is 80.6 Å². The molecule has 0 spiro atoms. The minimum atomic E-state index is -0.682. The van der Waals surface area contributed by atoms with E-state index < -0.39 is 11.9 Å². The van der Waals surface area contributed by atoms with Crippen LogP contribution in [0, 0.1) is 13.8 Å². The fourth-order valence-electron chi connectivity index (χ4n) is 2.99. The van der Waals surface area contributed by atoms with E-state index in [0.29, 0.717) is 17.1 Å². The number of hydrogen-bond acceptors (Lipinski definition) is 7. The Kier molecular flexibility index (Phi) is 6.77. The van der Waals surface area contributed by atoms with E-state index in [4.69, 9.17) is 9.47 Å². The predicted molar refractivity (Wildman–Crippen MR) is 118 cm³/mol. The van der Waals surface area contributed by atoms with Crippen molar-refractivity contribution in [2.45, 2.75) is 13.8 Å². The number of carbonyl (C=O) groups is 2. The fraction of sp³-hybridized carbons (Fsp3) is 0.167. The van der Waals surface area contributed by atoms with Crippen molar-refractivity contribution in [2.24, 2.45) is 10.2 Å². The van der Waals surface area contributed by atoms with Gasteiger partial charge in [0.2, 0.25) is 0 Å². The summed E-state index contributed by atoms with van der Waals surface area (Å²) in [7, 11) is 2.52. The van der Waals surface area contributed by atoms with Crippen LogP contribution in [0.3, 0.4) is 0 Å². The Morgan fingerprint density at radius 2 is 1.52 bits per heavy atom. The van der Waals surface area contributed by atoms with Crippen LogP contribution in [0.5, 0.6) is 0 Å². The van der Waals surface area contributed by atoms with E-state index in [1.807, 2.05) is 56.3 Å². The van der Waals surface area contributed by atoms with Gasteiger partial charge in [-0.1, -0.05) is 29.8 Å². The molecule has 0 N–H and O–H groups in total. The van der Waals surface area contributed by atoms with Gasteiger partial charge in [0.1, 0.15) is 11.4 Å². The minimum absolute atomic E-state index is 0.0231. The summed E-state index contributed by atoms with van der Waals surface area (Å²) in [4.78, 5) is 26.6. The number of nitrogens with zero attached hydrogens (tertiary/aromatic N) is 3. The van der Waals surface area contributed by atoms with E-state index in [1.165, 1.54) is 20.3 Å². The summed E-state index contributed by atoms with van der Waals surface area (Å²) in [5.74, 6) is -1.33. The largest absolute Gasteiger partial charge is 0.465 e. The van der Waals surface area contributed by atoms with Crippen molar-refractivity contribution >= 4 is 29.0 Å². The molecule has 1 heterocycles. The highest BCUT2D eigenvalue weighted by molar-refractivity contribution is 6.06. The fourth-order valence-corrected chi connectivity index (χ4v) is 2.99. The highest BCUT2D eigenvalue weighted by atomic mass is 16.5. The lowest BCUT2D eigenvalue weighted by Crippen LogP contribution is -2.27. The van der Waals surface area contributed by atoms with Crippen LogP contribution in [0.4, 0.5) is 17.1 Å². The molecular weight excluding hydrogens is 394 g/mol. The number of methoxy groups -OCH3 is 2. The molecule has 0 saturated carbocycles. The average molecular weight is 417 g/mol. The van der Waals surface area contributed by atoms with Gasteiger partial charge in [0.25, 0.3) is 0 Å². The second-order valence-corrected chi connectivity index (χ2v) is 6.84. The van der Waals surface area contributed by atoms with E-state index in [0.717, 1.165) is 11.1 Å². The standard InChI is InChI=1S/C24H23N3O4/c1-16-8-11-18(12-9-16)25-26-20-15-17(2)10-13-21(20)27-14-6-5-7-19(23(28)30-3)22(27)24(29)31-4/h5-15H,1-4H3. The van der Waals surface area contributed by atoms with Crippen LogP contribution in [0.2, 0.25) is 0 Å². The Morgan fingerprint density at radius 1 is 0.839 bits per heavy atom. The van der Waals surface area contributed by atoms with Crippen LogP contribution in [0.1, 0.15) is 11.1 Å². The molecule has 2 aromatic rings. The first kappa shape index (κ1) is 21.7. The lowest BCUT2D eigenvalue weighted by molar-refractivity contribution is -0.139. The lowest BCUT2D eigenvalue weighted by atomic mass is 10.1. The molecular formula is C24H23N3O4. The molecule has 7 nitrogen and oxygen atoms in total. The van der Waals surface area contributed by atoms with Gasteiger partial charge in [-0.2, -0.15) is 5.11 Å². The minimum Gasteiger partial charge on any atom is -0.465 e. The first-order valence-electron chi connectivity index (χ1n) is 9.58. The third-order valence-electron chi connectivity index (χ3n) is 4.59. The number of carbonyl (C=O) groups excluding carboxylic acids is 2. The Labute approximate surface area is 181 Å². The highest BCUT2D eigenvalue weighted by Gasteiger charge is 2.28. The molecule has 3 rings (SSSR count). The van der Waals surface area contributed by atoms with Gasteiger partial charge in [0, 0.05) is 6.20 Å². The van der Waals surface area contributed by atoms with Gasteiger partial charge in [-0.15, -0.1) is 5.11 Å². The van der Waals surface area contributed by atoms with E-state index in [2.05, 4.69) is 10.2 Å². The molecule has 2 aromatic carbocycles. The van der Waals surface area contributed by atoms with Crippen molar-refractivity contribution in [3.05, 3.63) is 89.3 Å². The summed E-state index contributed by atoms with van der Waals surface area (Å²) in [5, 5.41) is 8.75. The summed E-state index contributed by atoms with van der Waals surface area (Å²) >= 11 is 0. The molecule has 0 radical (unpaired) electrons. The number of anilines is 1. The zero-order valence-electron chi connectivity index (χ0n) is 17.8. The number of rotatable bonds is 5. The molecule has 7 heteroatoms. The molecule has 0 unspecified atom stereocenters. The molecule has 0 fully saturated rings. The maximum Gasteiger partial charge on any atom is 0.355 e. The second kappa shape index (κ2) is 9.67. The number of esters is 2. The average Bonchev–Trinajstić information content (AvgIpc) is 3.00. The molecule has 158 valence electrons. The summed E-state index contributed by atoms with van der Waals surface area (Å²) in [6, 6.07) is 13.2. The van der Waals surface area contributed by atoms with Crippen molar-refractivity contribution in [1.82, 2.24) is 0 Å². The van der Waals surface area contributed by atoms with Gasteiger partial charge in [-0.25, -0.2) is 9.59 Å². The van der Waals surface area contributed by atoms with Gasteiger partial charge in [0.05, 0.1) is 31.2 Å². The molecule has 0 aromatic heterocycles. The van der Waals surface area contributed by atoms with Crippen molar-refractivity contribution in [2.75, 3.05) is 19.1 Å². The van der Waals surface area contributed by atoms with Crippen LogP contribution in [0.15, 0.2) is 88.4 Å². The van der Waals surface area contributed by atoms with Gasteiger partial charge < -0.3 is 14.4 Å². The van der Waals surface area contributed by atoms with Crippen molar-refractivity contribution in [3.63, 3.8) is 0 Å². The summed E-state index contributed by atoms with van der Waals surface area (Å²) in [5.41, 5.74) is 3.97. The normalized spacial score (nSPS) is 13.5. The van der Waals surface area contributed by atoms with Gasteiger partial charge >= 0.3 is 11.9 Å². The number of aryl methyl sites for hydroxylation is 2. The van der Waals surface area contributed by atoms with Crippen molar-refractivity contribution in [3.8, 4) is 0 Å². The number of allylic oxidation sites excluding steroid dienone is 2. The van der Waals surface area contributed by atoms with Crippen LogP contribution in [-0.2, 0) is 19.1 Å². The molecule has 0 amide bonds. The second-order valence-electron chi connectivity index (χ2n) is 6.84. The van der Waals surface area contributed by atoms with Crippen LogP contribution in [-0.4, -0.2) is 26.2 Å². The van der Waals surface area contributed by atoms with E-state index in [-0.39, 0.29) is 11.3 Å². The van der Waals surface area contributed by atoms with E-state index in [1.54, 1.807) is 23.3 Å². The first-order chi connectivity index (χ1) is 14.9. The maximum atomic E-state index is 12.7. The summed E-state index contributed by atoms with van der Waals surface area (Å²) in [6.45, 7) is 3.93. The summed E-state index contributed by atoms with van der Waals surface area (Å²) in [6.07, 6.45) is 6.53. The molecule has 31 heavy (non-hydrogen) atoms. The van der Waals surface area contributed by atoms with Gasteiger partial charge in [0.15, 0.2) is 0 Å². The Hall–Kier alpha value is -4.00. The van der Waals surface area contributed by atoms with Gasteiger partial charge in [-0.05, 0) is 55.8 Å². The Bertz CT molecular complexity index is 1110. The number of benzene rings is 2. The molecule has 0 aliphatic carbocycles. The zero-order valence-corrected chi connectivity index (χ0v) is 17.8. The van der Waals surface area contributed by atoms with Crippen LogP contribution >= 0.6 is 0 Å². The smallest absolute Gasteiger partial charge is 0.355 e. The third-order valence-corrected chi connectivity index (χ3v) is 4.59. The highest BCUT2D eigenvalue weighted by Crippen LogP contribution is 2.36. The number of hydrogen-bond donors (Lipinski definition) is 0. The molecule has 0 saturated heterocycles. The van der Waals surface area contributed by atoms with Crippen LogP contribution < -0.4 is 4.90 Å². The molecule has 0 bridgehead atoms.